The summed E-state index contributed by atoms with van der Waals surface area (Å²) in [7, 11) is 0. The number of rotatable bonds is 3. The number of ether oxygens (including phenoxy) is 2. The fourth-order valence-corrected chi connectivity index (χ4v) is 5.48. The molecule has 0 bridgehead atoms. The summed E-state index contributed by atoms with van der Waals surface area (Å²) in [6.45, 7) is 1.95. The number of carbonyl (C=O) groups excluding carboxylic acids is 4. The number of hydrogen-bond acceptors (Lipinski definition) is 6. The summed E-state index contributed by atoms with van der Waals surface area (Å²) in [5.74, 6) is 0.240. The van der Waals surface area contributed by atoms with Crippen molar-refractivity contribution >= 4 is 23.6 Å². The average Bonchev–Trinajstić information content (AvgIpc) is 3.48. The van der Waals surface area contributed by atoms with Gasteiger partial charge in [-0.3, -0.25) is 24.5 Å². The number of piperidine rings is 1. The van der Waals surface area contributed by atoms with E-state index in [1.807, 2.05) is 23.1 Å². The van der Waals surface area contributed by atoms with E-state index in [0.29, 0.717) is 55.4 Å². The number of nitrogens with zero attached hydrogens (tertiary/aromatic N) is 2. The summed E-state index contributed by atoms with van der Waals surface area (Å²) in [6.07, 6.45) is 2.24. The lowest BCUT2D eigenvalue weighted by atomic mass is 10.0. The molecule has 0 saturated carbocycles. The first-order valence-electron chi connectivity index (χ1n) is 12.0. The van der Waals surface area contributed by atoms with Gasteiger partial charge in [-0.1, -0.05) is 12.1 Å². The van der Waals surface area contributed by atoms with Crippen molar-refractivity contribution in [3.8, 4) is 11.5 Å². The Morgan fingerprint density at radius 2 is 1.77 bits per heavy atom. The summed E-state index contributed by atoms with van der Waals surface area (Å²) >= 11 is 0. The number of benzene rings is 2. The predicted molar refractivity (Wildman–Crippen MR) is 123 cm³/mol. The van der Waals surface area contributed by atoms with Crippen LogP contribution in [0.2, 0.25) is 0 Å². The van der Waals surface area contributed by atoms with Crippen LogP contribution in [0.4, 0.5) is 0 Å². The van der Waals surface area contributed by atoms with Crippen LogP contribution in [0.1, 0.15) is 63.6 Å². The summed E-state index contributed by atoms with van der Waals surface area (Å²) < 4.78 is 11.3. The van der Waals surface area contributed by atoms with Crippen molar-refractivity contribution in [3.05, 3.63) is 58.7 Å². The third kappa shape index (κ3) is 3.71. The summed E-state index contributed by atoms with van der Waals surface area (Å²) in [5, 5.41) is 2.31. The van der Waals surface area contributed by atoms with E-state index in [4.69, 9.17) is 9.47 Å². The molecule has 6 rings (SSSR count). The minimum Gasteiger partial charge on any atom is -0.486 e. The second-order valence-electron chi connectivity index (χ2n) is 9.33. The van der Waals surface area contributed by atoms with Crippen LogP contribution in [-0.4, -0.2) is 59.2 Å². The molecule has 2 unspecified atom stereocenters. The molecule has 4 amide bonds. The van der Waals surface area contributed by atoms with Gasteiger partial charge in [-0.15, -0.1) is 0 Å². The molecule has 2 atom stereocenters. The van der Waals surface area contributed by atoms with Gasteiger partial charge in [0.15, 0.2) is 11.5 Å². The Hall–Kier alpha value is -3.88. The first-order valence-corrected chi connectivity index (χ1v) is 12.0. The Bertz CT molecular complexity index is 1260. The van der Waals surface area contributed by atoms with Crippen LogP contribution in [0.3, 0.4) is 0 Å². The van der Waals surface area contributed by atoms with Gasteiger partial charge in [-0.05, 0) is 54.7 Å². The molecule has 35 heavy (non-hydrogen) atoms. The molecule has 1 N–H and O–H groups in total. The fourth-order valence-electron chi connectivity index (χ4n) is 5.48. The number of fused-ring (bicyclic) bond motifs is 2. The molecule has 0 radical (unpaired) electrons. The van der Waals surface area contributed by atoms with E-state index in [1.54, 1.807) is 18.2 Å². The highest BCUT2D eigenvalue weighted by molar-refractivity contribution is 6.06. The predicted octanol–water partition coefficient (Wildman–Crippen LogP) is 2.20. The molecule has 2 aromatic rings. The maximum Gasteiger partial charge on any atom is 0.255 e. The zero-order valence-corrected chi connectivity index (χ0v) is 19.1. The van der Waals surface area contributed by atoms with E-state index >= 15 is 0 Å². The van der Waals surface area contributed by atoms with Gasteiger partial charge in [0.2, 0.25) is 11.8 Å². The second kappa shape index (κ2) is 8.41. The molecule has 0 aromatic heterocycles. The largest absolute Gasteiger partial charge is 0.486 e. The first-order chi connectivity index (χ1) is 17.0. The number of amides is 4. The Labute approximate surface area is 202 Å². The molecular formula is C26H25N3O6. The Balaban J connectivity index is 1.23. The number of carbonyl (C=O) groups is 4. The van der Waals surface area contributed by atoms with Crippen LogP contribution in [0.5, 0.6) is 11.5 Å². The third-order valence-electron chi connectivity index (χ3n) is 7.24. The van der Waals surface area contributed by atoms with Crippen molar-refractivity contribution < 1.29 is 28.7 Å². The highest BCUT2D eigenvalue weighted by Crippen LogP contribution is 2.39. The van der Waals surface area contributed by atoms with E-state index in [0.717, 1.165) is 24.0 Å². The van der Waals surface area contributed by atoms with Crippen LogP contribution in [0.15, 0.2) is 36.4 Å². The molecule has 9 nitrogen and oxygen atoms in total. The molecule has 2 aromatic carbocycles. The highest BCUT2D eigenvalue weighted by atomic mass is 16.6. The van der Waals surface area contributed by atoms with Gasteiger partial charge in [0.1, 0.15) is 19.3 Å². The van der Waals surface area contributed by atoms with Gasteiger partial charge >= 0.3 is 0 Å². The third-order valence-corrected chi connectivity index (χ3v) is 7.24. The summed E-state index contributed by atoms with van der Waals surface area (Å²) in [4.78, 5) is 53.8. The topological polar surface area (TPSA) is 105 Å². The van der Waals surface area contributed by atoms with Crippen LogP contribution in [-0.2, 0) is 16.1 Å². The lowest BCUT2D eigenvalue weighted by molar-refractivity contribution is -0.136. The van der Waals surface area contributed by atoms with Crippen molar-refractivity contribution in [1.29, 1.82) is 0 Å². The molecule has 4 heterocycles. The average molecular weight is 476 g/mol. The lowest BCUT2D eigenvalue weighted by Gasteiger charge is -2.29. The molecule has 0 spiro atoms. The normalized spacial score (nSPS) is 23.4. The smallest absolute Gasteiger partial charge is 0.255 e. The van der Waals surface area contributed by atoms with E-state index < -0.39 is 11.9 Å². The van der Waals surface area contributed by atoms with Crippen LogP contribution in [0.25, 0.3) is 0 Å². The van der Waals surface area contributed by atoms with Gasteiger partial charge in [0, 0.05) is 30.6 Å². The monoisotopic (exact) mass is 475 g/mol. The van der Waals surface area contributed by atoms with Crippen molar-refractivity contribution in [2.24, 2.45) is 0 Å². The Morgan fingerprint density at radius 3 is 2.60 bits per heavy atom. The van der Waals surface area contributed by atoms with E-state index in [-0.39, 0.29) is 30.2 Å². The van der Waals surface area contributed by atoms with E-state index in [2.05, 4.69) is 5.32 Å². The maximum absolute atomic E-state index is 13.5. The van der Waals surface area contributed by atoms with Crippen LogP contribution in [0, 0.1) is 0 Å². The fraction of sp³-hybridized carbons (Fsp3) is 0.385. The molecule has 4 aliphatic rings. The highest BCUT2D eigenvalue weighted by Gasteiger charge is 2.40. The van der Waals surface area contributed by atoms with Crippen molar-refractivity contribution in [2.45, 2.75) is 44.3 Å². The van der Waals surface area contributed by atoms with E-state index in [1.165, 1.54) is 4.90 Å². The molecule has 9 heteroatoms. The van der Waals surface area contributed by atoms with Crippen molar-refractivity contribution in [3.63, 3.8) is 0 Å². The van der Waals surface area contributed by atoms with Crippen LogP contribution < -0.4 is 14.8 Å². The van der Waals surface area contributed by atoms with E-state index in [9.17, 15) is 19.2 Å². The van der Waals surface area contributed by atoms with Crippen molar-refractivity contribution in [1.82, 2.24) is 15.1 Å². The number of likely N-dealkylation sites (tertiary alicyclic amines) is 1. The van der Waals surface area contributed by atoms with Crippen molar-refractivity contribution in [2.75, 3.05) is 19.8 Å². The van der Waals surface area contributed by atoms with Gasteiger partial charge in [0.25, 0.3) is 11.8 Å². The number of nitrogens with one attached hydrogen (secondary N) is 1. The number of imide groups is 1. The van der Waals surface area contributed by atoms with Gasteiger partial charge in [0.05, 0.1) is 6.04 Å². The van der Waals surface area contributed by atoms with Gasteiger partial charge in [-0.2, -0.15) is 0 Å². The molecule has 4 aliphatic heterocycles. The quantitative estimate of drug-likeness (QED) is 0.683. The molecule has 180 valence electrons. The first kappa shape index (κ1) is 21.6. The Kier molecular flexibility index (Phi) is 5.20. The minimum absolute atomic E-state index is 0.0812. The molecule has 2 fully saturated rings. The second-order valence-corrected chi connectivity index (χ2v) is 9.33. The van der Waals surface area contributed by atoms with Gasteiger partial charge in [-0.25, -0.2) is 0 Å². The molecular weight excluding hydrogens is 450 g/mol. The zero-order valence-electron chi connectivity index (χ0n) is 19.1. The Morgan fingerprint density at radius 1 is 0.943 bits per heavy atom. The molecule has 2 saturated heterocycles. The SMILES string of the molecule is O=C1CCC(N2Cc3ccc(C(=O)N4CCCC4c4ccc5c(c4)OCCO5)cc3C2=O)C(=O)N1. The standard InChI is InChI=1S/C26H25N3O6/c30-23-8-6-20(24(31)27-23)29-14-17-4-3-16(12-18(17)26(29)33)25(32)28-9-1-2-19(28)15-5-7-21-22(13-15)35-11-10-34-21/h3-5,7,12-13,19-20H,1-2,6,8-11,14H2,(H,27,30,31). The van der Waals surface area contributed by atoms with Crippen LogP contribution >= 0.6 is 0 Å². The van der Waals surface area contributed by atoms with Gasteiger partial charge < -0.3 is 19.3 Å². The zero-order chi connectivity index (χ0) is 24.1. The summed E-state index contributed by atoms with van der Waals surface area (Å²) in [5.41, 5.74) is 2.67. The minimum atomic E-state index is -0.676. The summed E-state index contributed by atoms with van der Waals surface area (Å²) in [6, 6.07) is 10.3. The maximum atomic E-state index is 13.5. The lowest BCUT2D eigenvalue weighted by Crippen LogP contribution is -2.52. The number of hydrogen-bond donors (Lipinski definition) is 1. The molecule has 0 aliphatic carbocycles.